The van der Waals surface area contributed by atoms with Crippen molar-refractivity contribution in [1.82, 2.24) is 9.97 Å². The minimum atomic E-state index is -1.13. The van der Waals surface area contributed by atoms with Crippen LogP contribution in [0, 0.1) is 0 Å². The second-order valence-electron chi connectivity index (χ2n) is 3.22. The monoisotopic (exact) mass is 292 g/mol. The van der Waals surface area contributed by atoms with Gasteiger partial charge in [0.15, 0.2) is 0 Å². The van der Waals surface area contributed by atoms with E-state index in [0.29, 0.717) is 15.9 Å². The van der Waals surface area contributed by atoms with Gasteiger partial charge < -0.3 is 0 Å². The number of nitrogen functional groups attached to an aromatic ring is 1. The second-order valence-corrected chi connectivity index (χ2v) is 4.68. The summed E-state index contributed by atoms with van der Waals surface area (Å²) in [5.74, 6) is 0.661. The first-order valence-corrected chi connectivity index (χ1v) is 6.41. The van der Waals surface area contributed by atoms with Crippen LogP contribution in [0.2, 0.25) is 0 Å². The number of aromatic nitrogens is 2. The van der Waals surface area contributed by atoms with E-state index >= 15 is 0 Å². The average Bonchev–Trinajstić information content (AvgIpc) is 2.32. The van der Waals surface area contributed by atoms with Crippen LogP contribution in [0.15, 0.2) is 30.5 Å². The number of anilines is 3. The molecule has 17 heavy (non-hydrogen) atoms. The van der Waals surface area contributed by atoms with E-state index in [-0.39, 0.29) is 11.7 Å². The van der Waals surface area contributed by atoms with Crippen molar-refractivity contribution in [1.29, 1.82) is 0 Å². The third kappa shape index (κ3) is 2.79. The molecule has 0 fully saturated rings. The Morgan fingerprint density at radius 2 is 2.18 bits per heavy atom. The fraction of sp³-hybridized carbons (Fsp3) is 0. The van der Waals surface area contributed by atoms with Gasteiger partial charge in [0.25, 0.3) is 0 Å². The van der Waals surface area contributed by atoms with E-state index in [2.05, 4.69) is 15.3 Å². The van der Waals surface area contributed by atoms with Gasteiger partial charge in [0, 0.05) is 0 Å². The first-order chi connectivity index (χ1) is 8.19. The minimum absolute atomic E-state index is 0.0561. The summed E-state index contributed by atoms with van der Waals surface area (Å²) in [6.07, 6.45) is 1.51. The number of rotatable bonds is 3. The molecule has 6 nitrogen and oxygen atoms in total. The number of benzene rings is 1. The van der Waals surface area contributed by atoms with Crippen LogP contribution in [-0.2, 0) is 3.74 Å². The molecular formula is C10H9AsN4O2. The first kappa shape index (κ1) is 11.5. The average molecular weight is 292 g/mol. The quantitative estimate of drug-likeness (QED) is 0.551. The van der Waals surface area contributed by atoms with E-state index in [1.807, 2.05) is 0 Å². The summed E-state index contributed by atoms with van der Waals surface area (Å²) in [5, 5.41) is 12.5. The van der Waals surface area contributed by atoms with Crippen molar-refractivity contribution in [3.63, 3.8) is 0 Å². The van der Waals surface area contributed by atoms with Gasteiger partial charge in [0.1, 0.15) is 0 Å². The number of hydrogen-bond acceptors (Lipinski definition) is 6. The molecule has 0 bridgehead atoms. The first-order valence-electron chi connectivity index (χ1n) is 4.71. The van der Waals surface area contributed by atoms with E-state index in [1.54, 1.807) is 18.2 Å². The van der Waals surface area contributed by atoms with Crippen LogP contribution >= 0.6 is 0 Å². The second kappa shape index (κ2) is 4.93. The van der Waals surface area contributed by atoms with Crippen molar-refractivity contribution in [3.05, 3.63) is 30.5 Å². The molecule has 0 radical (unpaired) electrons. The summed E-state index contributed by atoms with van der Waals surface area (Å²) >= 11 is -1.13. The van der Waals surface area contributed by atoms with Gasteiger partial charge in [-0.15, -0.1) is 0 Å². The van der Waals surface area contributed by atoms with Crippen LogP contribution in [-0.4, -0.2) is 30.8 Å². The maximum absolute atomic E-state index is 10.8. The molecule has 1 aromatic heterocycles. The molecule has 0 unspecified atom stereocenters. The van der Waals surface area contributed by atoms with Gasteiger partial charge in [-0.2, -0.15) is 0 Å². The Bertz CT molecular complexity index is 562. The van der Waals surface area contributed by atoms with E-state index in [4.69, 9.17) is 5.73 Å². The Kier molecular flexibility index (Phi) is 3.34. The third-order valence-corrected chi connectivity index (χ3v) is 3.05. The summed E-state index contributed by atoms with van der Waals surface area (Å²) in [7, 11) is 0. The molecule has 0 aliphatic carbocycles. The molecule has 2 rings (SSSR count). The summed E-state index contributed by atoms with van der Waals surface area (Å²) in [5.41, 5.74) is 5.87. The molecule has 0 saturated heterocycles. The molecule has 0 atom stereocenters. The number of aromatic hydroxyl groups is 1. The molecule has 0 saturated carbocycles. The molecule has 0 aliphatic heterocycles. The van der Waals surface area contributed by atoms with Crippen molar-refractivity contribution in [2.45, 2.75) is 0 Å². The molecule has 0 aliphatic rings. The number of phenolic OH excluding ortho intramolecular Hbond substituents is 1. The summed E-state index contributed by atoms with van der Waals surface area (Å²) in [6, 6.07) is 6.33. The molecule has 2 aromatic rings. The molecule has 1 aromatic carbocycles. The molecule has 1 heterocycles. The number of hydrogen-bond donors (Lipinski definition) is 3. The van der Waals surface area contributed by atoms with Crippen LogP contribution in [0.25, 0.3) is 0 Å². The summed E-state index contributed by atoms with van der Waals surface area (Å²) in [4.78, 5) is 7.70. The Morgan fingerprint density at radius 1 is 1.35 bits per heavy atom. The SMILES string of the molecule is Nc1nccc(Nc2cc([As]=O)ccc2O)n1. The Hall–Kier alpha value is -1.94. The van der Waals surface area contributed by atoms with E-state index < -0.39 is 15.7 Å². The zero-order chi connectivity index (χ0) is 12.3. The Balaban J connectivity index is 2.32. The third-order valence-electron chi connectivity index (χ3n) is 2.02. The number of phenols is 1. The fourth-order valence-electron chi connectivity index (χ4n) is 1.26. The van der Waals surface area contributed by atoms with E-state index in [0.717, 1.165) is 0 Å². The van der Waals surface area contributed by atoms with Crippen molar-refractivity contribution >= 4 is 37.5 Å². The van der Waals surface area contributed by atoms with E-state index in [9.17, 15) is 8.85 Å². The van der Waals surface area contributed by atoms with Crippen LogP contribution in [0.3, 0.4) is 0 Å². The number of nitrogens with one attached hydrogen (secondary N) is 1. The molecular weight excluding hydrogens is 283 g/mol. The van der Waals surface area contributed by atoms with Gasteiger partial charge in [0.05, 0.1) is 0 Å². The Morgan fingerprint density at radius 3 is 2.88 bits per heavy atom. The van der Waals surface area contributed by atoms with Crippen molar-refractivity contribution < 1.29 is 8.85 Å². The number of nitrogens with zero attached hydrogens (tertiary/aromatic N) is 2. The summed E-state index contributed by atoms with van der Waals surface area (Å²) < 4.78 is 11.5. The van der Waals surface area contributed by atoms with Crippen LogP contribution in [0.4, 0.5) is 17.5 Å². The predicted octanol–water partition coefficient (Wildman–Crippen LogP) is 0.183. The zero-order valence-corrected chi connectivity index (χ0v) is 10.5. The van der Waals surface area contributed by atoms with Gasteiger partial charge in [-0.05, 0) is 0 Å². The van der Waals surface area contributed by atoms with Crippen molar-refractivity contribution in [2.24, 2.45) is 0 Å². The van der Waals surface area contributed by atoms with Gasteiger partial charge in [0.2, 0.25) is 0 Å². The van der Waals surface area contributed by atoms with Crippen LogP contribution in [0.1, 0.15) is 0 Å². The number of nitrogens with two attached hydrogens (primary N) is 1. The maximum atomic E-state index is 10.8. The van der Waals surface area contributed by atoms with Gasteiger partial charge >= 0.3 is 104 Å². The zero-order valence-electron chi connectivity index (χ0n) is 8.66. The van der Waals surface area contributed by atoms with Crippen LogP contribution < -0.4 is 15.4 Å². The summed E-state index contributed by atoms with van der Waals surface area (Å²) in [6.45, 7) is 0. The Labute approximate surface area is 104 Å². The standard InChI is InChI=1S/C10H9AsN4O2/c12-10-13-4-3-9(15-10)14-7-5-6(11-17)1-2-8(7)16/h1-5,16H,(H3,12,13,14,15). The fourth-order valence-corrected chi connectivity index (χ4v) is 1.93. The molecule has 4 N–H and O–H groups in total. The molecule has 0 spiro atoms. The molecule has 86 valence electrons. The molecule has 0 amide bonds. The van der Waals surface area contributed by atoms with Gasteiger partial charge in [-0.25, -0.2) is 0 Å². The van der Waals surface area contributed by atoms with E-state index in [1.165, 1.54) is 12.3 Å². The van der Waals surface area contributed by atoms with Crippen LogP contribution in [0.5, 0.6) is 5.75 Å². The predicted molar refractivity (Wildman–Crippen MR) is 63.9 cm³/mol. The van der Waals surface area contributed by atoms with Gasteiger partial charge in [-0.1, -0.05) is 0 Å². The topological polar surface area (TPSA) is 101 Å². The normalized spacial score (nSPS) is 10.4. The van der Waals surface area contributed by atoms with Crippen molar-refractivity contribution in [3.8, 4) is 5.75 Å². The van der Waals surface area contributed by atoms with Gasteiger partial charge in [-0.3, -0.25) is 0 Å². The van der Waals surface area contributed by atoms with Crippen molar-refractivity contribution in [2.75, 3.05) is 11.1 Å². The molecule has 7 heteroatoms.